The summed E-state index contributed by atoms with van der Waals surface area (Å²) in [4.78, 5) is 18.7. The van der Waals surface area contributed by atoms with Gasteiger partial charge in [-0.1, -0.05) is 35.0 Å². The number of hydrogen-bond donors (Lipinski definition) is 0. The molecule has 0 saturated carbocycles. The largest absolute Gasteiger partial charge is 0.464 e. The lowest BCUT2D eigenvalue weighted by Gasteiger charge is -2.32. The number of carbonyl (C=O) groups is 1. The Morgan fingerprint density at radius 2 is 1.96 bits per heavy atom. The first kappa shape index (κ1) is 18.4. The summed E-state index contributed by atoms with van der Waals surface area (Å²) in [6.45, 7) is 4.51. The Balaban J connectivity index is 1.36. The van der Waals surface area contributed by atoms with Gasteiger partial charge in [-0.05, 0) is 31.9 Å². The predicted molar refractivity (Wildman–Crippen MR) is 104 cm³/mol. The van der Waals surface area contributed by atoms with Gasteiger partial charge < -0.3 is 13.8 Å². The van der Waals surface area contributed by atoms with Crippen LogP contribution in [-0.2, 0) is 11.3 Å². The smallest absolute Gasteiger partial charge is 0.354 e. The number of aromatic nitrogens is 3. The van der Waals surface area contributed by atoms with E-state index in [9.17, 15) is 4.79 Å². The molecule has 7 nitrogen and oxygen atoms in total. The maximum Gasteiger partial charge on any atom is 0.354 e. The summed E-state index contributed by atoms with van der Waals surface area (Å²) in [6, 6.07) is 12.1. The van der Waals surface area contributed by atoms with E-state index in [0.717, 1.165) is 31.5 Å². The molecule has 0 atom stereocenters. The van der Waals surface area contributed by atoms with E-state index in [1.165, 1.54) is 12.7 Å². The Hall–Kier alpha value is -2.93. The third kappa shape index (κ3) is 3.84. The molecule has 1 saturated heterocycles. The summed E-state index contributed by atoms with van der Waals surface area (Å²) in [7, 11) is 1.41. The molecule has 0 aliphatic carbocycles. The molecule has 0 N–H and O–H groups in total. The Bertz CT molecular complexity index is 937. The number of carbonyl (C=O) groups excluding carboxylic acids is 1. The highest BCUT2D eigenvalue weighted by Gasteiger charge is 2.25. The van der Waals surface area contributed by atoms with Gasteiger partial charge in [-0.3, -0.25) is 4.90 Å². The van der Waals surface area contributed by atoms with Crippen LogP contribution in [0.25, 0.3) is 11.4 Å². The number of nitrogens with zero attached hydrogens (tertiary/aromatic N) is 4. The Kier molecular flexibility index (Phi) is 5.25. The standard InChI is InChI=1S/C21H24N4O3/c1-15-5-7-16(8-6-15)20-22-19(28-23-20)14-24-12-9-17(10-13-24)25-11-3-4-18(25)21(26)27-2/h3-8,11,17H,9-10,12-14H2,1-2H3. The predicted octanol–water partition coefficient (Wildman–Crippen LogP) is 3.47. The maximum atomic E-state index is 11.9. The number of aryl methyl sites for hydroxylation is 1. The van der Waals surface area contributed by atoms with Crippen LogP contribution in [0, 0.1) is 6.92 Å². The average molecular weight is 380 g/mol. The van der Waals surface area contributed by atoms with Crippen molar-refractivity contribution in [2.75, 3.05) is 20.2 Å². The van der Waals surface area contributed by atoms with Crippen LogP contribution >= 0.6 is 0 Å². The molecular formula is C21H24N4O3. The number of rotatable bonds is 5. The molecule has 4 rings (SSSR count). The zero-order valence-corrected chi connectivity index (χ0v) is 16.2. The normalized spacial score (nSPS) is 15.6. The molecule has 28 heavy (non-hydrogen) atoms. The number of hydrogen-bond acceptors (Lipinski definition) is 6. The highest BCUT2D eigenvalue weighted by Crippen LogP contribution is 2.26. The van der Waals surface area contributed by atoms with Crippen LogP contribution in [-0.4, -0.2) is 45.8 Å². The van der Waals surface area contributed by atoms with Crippen LogP contribution in [0.15, 0.2) is 47.1 Å². The van der Waals surface area contributed by atoms with Crippen molar-refractivity contribution in [3.8, 4) is 11.4 Å². The molecule has 1 fully saturated rings. The van der Waals surface area contributed by atoms with Crippen LogP contribution in [0.2, 0.25) is 0 Å². The van der Waals surface area contributed by atoms with E-state index in [1.807, 2.05) is 47.2 Å². The van der Waals surface area contributed by atoms with Gasteiger partial charge in [0.2, 0.25) is 11.7 Å². The molecule has 2 aromatic heterocycles. The highest BCUT2D eigenvalue weighted by molar-refractivity contribution is 5.87. The van der Waals surface area contributed by atoms with Crippen LogP contribution in [0.5, 0.6) is 0 Å². The van der Waals surface area contributed by atoms with Crippen molar-refractivity contribution in [3.63, 3.8) is 0 Å². The molecule has 3 aromatic rings. The number of benzene rings is 1. The SMILES string of the molecule is COC(=O)c1cccn1C1CCN(Cc2nc(-c3ccc(C)cc3)no2)CC1. The van der Waals surface area contributed by atoms with Crippen molar-refractivity contribution < 1.29 is 14.1 Å². The second kappa shape index (κ2) is 7.98. The molecule has 0 amide bonds. The summed E-state index contributed by atoms with van der Waals surface area (Å²) in [5.41, 5.74) is 2.77. The van der Waals surface area contributed by atoms with Gasteiger partial charge in [-0.25, -0.2) is 4.79 Å². The van der Waals surface area contributed by atoms with Gasteiger partial charge in [0.05, 0.1) is 13.7 Å². The Morgan fingerprint density at radius 1 is 1.21 bits per heavy atom. The van der Waals surface area contributed by atoms with Crippen LogP contribution in [0.4, 0.5) is 0 Å². The minimum Gasteiger partial charge on any atom is -0.464 e. The Morgan fingerprint density at radius 3 is 2.68 bits per heavy atom. The molecule has 0 unspecified atom stereocenters. The van der Waals surface area contributed by atoms with Crippen molar-refractivity contribution in [1.82, 2.24) is 19.6 Å². The number of methoxy groups -OCH3 is 1. The zero-order chi connectivity index (χ0) is 19.5. The summed E-state index contributed by atoms with van der Waals surface area (Å²) in [5.74, 6) is 0.965. The lowest BCUT2D eigenvalue weighted by atomic mass is 10.0. The Labute approximate surface area is 163 Å². The third-order valence-corrected chi connectivity index (χ3v) is 5.26. The maximum absolute atomic E-state index is 11.9. The quantitative estimate of drug-likeness (QED) is 0.631. The fourth-order valence-corrected chi connectivity index (χ4v) is 3.68. The van der Waals surface area contributed by atoms with Gasteiger partial charge in [0, 0.05) is 30.9 Å². The third-order valence-electron chi connectivity index (χ3n) is 5.26. The van der Waals surface area contributed by atoms with E-state index in [1.54, 1.807) is 0 Å². The van der Waals surface area contributed by atoms with E-state index in [2.05, 4.69) is 22.0 Å². The summed E-state index contributed by atoms with van der Waals surface area (Å²) < 4.78 is 12.4. The fraction of sp³-hybridized carbons (Fsp3) is 0.381. The lowest BCUT2D eigenvalue weighted by Crippen LogP contribution is -2.34. The minimum absolute atomic E-state index is 0.290. The van der Waals surface area contributed by atoms with Gasteiger partial charge in [0.1, 0.15) is 5.69 Å². The van der Waals surface area contributed by atoms with Crippen molar-refractivity contribution in [2.24, 2.45) is 0 Å². The molecular weight excluding hydrogens is 356 g/mol. The lowest BCUT2D eigenvalue weighted by molar-refractivity contribution is 0.0581. The first-order valence-electron chi connectivity index (χ1n) is 9.51. The van der Waals surface area contributed by atoms with Crippen LogP contribution in [0.1, 0.15) is 40.8 Å². The van der Waals surface area contributed by atoms with Crippen LogP contribution in [0.3, 0.4) is 0 Å². The molecule has 7 heteroatoms. The molecule has 0 bridgehead atoms. The number of piperidine rings is 1. The van der Waals surface area contributed by atoms with Gasteiger partial charge in [0.15, 0.2) is 0 Å². The monoisotopic (exact) mass is 380 g/mol. The highest BCUT2D eigenvalue weighted by atomic mass is 16.5. The number of ether oxygens (including phenoxy) is 1. The van der Waals surface area contributed by atoms with Crippen molar-refractivity contribution in [1.29, 1.82) is 0 Å². The van der Waals surface area contributed by atoms with Crippen molar-refractivity contribution >= 4 is 5.97 Å². The first-order chi connectivity index (χ1) is 13.6. The van der Waals surface area contributed by atoms with E-state index in [4.69, 9.17) is 9.26 Å². The molecule has 0 spiro atoms. The second-order valence-electron chi connectivity index (χ2n) is 7.18. The molecule has 3 heterocycles. The topological polar surface area (TPSA) is 73.4 Å². The summed E-state index contributed by atoms with van der Waals surface area (Å²) in [6.07, 6.45) is 3.87. The molecule has 0 radical (unpaired) electrons. The molecule has 1 aliphatic heterocycles. The molecule has 1 aromatic carbocycles. The number of esters is 1. The zero-order valence-electron chi connectivity index (χ0n) is 16.2. The van der Waals surface area contributed by atoms with Crippen LogP contribution < -0.4 is 0 Å². The van der Waals surface area contributed by atoms with Gasteiger partial charge in [0.25, 0.3) is 0 Å². The minimum atomic E-state index is -0.290. The number of likely N-dealkylation sites (tertiary alicyclic amines) is 1. The van der Waals surface area contributed by atoms with Gasteiger partial charge in [-0.2, -0.15) is 4.98 Å². The van der Waals surface area contributed by atoms with Crippen molar-refractivity contribution in [2.45, 2.75) is 32.4 Å². The van der Waals surface area contributed by atoms with E-state index in [-0.39, 0.29) is 5.97 Å². The second-order valence-corrected chi connectivity index (χ2v) is 7.18. The summed E-state index contributed by atoms with van der Waals surface area (Å²) in [5, 5.41) is 4.11. The van der Waals surface area contributed by atoms with Gasteiger partial charge >= 0.3 is 5.97 Å². The fourth-order valence-electron chi connectivity index (χ4n) is 3.68. The average Bonchev–Trinajstić information content (AvgIpc) is 3.38. The summed E-state index contributed by atoms with van der Waals surface area (Å²) >= 11 is 0. The van der Waals surface area contributed by atoms with Gasteiger partial charge in [-0.15, -0.1) is 0 Å². The van der Waals surface area contributed by atoms with E-state index < -0.39 is 0 Å². The van der Waals surface area contributed by atoms with E-state index in [0.29, 0.717) is 30.0 Å². The molecule has 146 valence electrons. The molecule has 1 aliphatic rings. The van der Waals surface area contributed by atoms with E-state index >= 15 is 0 Å². The first-order valence-corrected chi connectivity index (χ1v) is 9.51. The van der Waals surface area contributed by atoms with Crippen molar-refractivity contribution in [3.05, 3.63) is 59.7 Å².